The van der Waals surface area contributed by atoms with Gasteiger partial charge < -0.3 is 24.4 Å². The van der Waals surface area contributed by atoms with E-state index in [1.54, 1.807) is 14.0 Å². The van der Waals surface area contributed by atoms with Gasteiger partial charge in [0.25, 0.3) is 0 Å². The quantitative estimate of drug-likeness (QED) is 0.741. The summed E-state index contributed by atoms with van der Waals surface area (Å²) in [4.78, 5) is 0. The van der Waals surface area contributed by atoms with E-state index in [0.717, 1.165) is 0 Å². The van der Waals surface area contributed by atoms with Crippen molar-refractivity contribution in [3.8, 4) is 0 Å². The van der Waals surface area contributed by atoms with Crippen molar-refractivity contribution in [2.75, 3.05) is 26.9 Å². The van der Waals surface area contributed by atoms with Gasteiger partial charge in [-0.05, 0) is 41.5 Å². The van der Waals surface area contributed by atoms with Gasteiger partial charge in [-0.3, -0.25) is 0 Å². The molecule has 0 heterocycles. The molecule has 5 nitrogen and oxygen atoms in total. The smallest absolute Gasteiger partial charge is 0.0779 e. The van der Waals surface area contributed by atoms with E-state index >= 15 is 0 Å². The van der Waals surface area contributed by atoms with E-state index in [0.29, 0.717) is 13.2 Å². The van der Waals surface area contributed by atoms with Gasteiger partial charge in [0.15, 0.2) is 0 Å². The zero-order valence-electron chi connectivity index (χ0n) is 13.5. The molecule has 118 valence electrons. The van der Waals surface area contributed by atoms with Crippen molar-refractivity contribution in [1.82, 2.24) is 0 Å². The molecule has 0 saturated heterocycles. The molecule has 0 saturated carbocycles. The molecule has 3 unspecified atom stereocenters. The van der Waals surface area contributed by atoms with Crippen LogP contribution in [-0.4, -0.2) is 61.1 Å². The summed E-state index contributed by atoms with van der Waals surface area (Å²) in [5.41, 5.74) is -0.128. The summed E-state index contributed by atoms with van der Waals surface area (Å²) in [6, 6.07) is 0. The number of hydrogen-bond donors (Lipinski definition) is 2. The van der Waals surface area contributed by atoms with E-state index in [1.807, 2.05) is 34.6 Å². The summed E-state index contributed by atoms with van der Waals surface area (Å²) < 4.78 is 15.3. The lowest BCUT2D eigenvalue weighted by Gasteiger charge is -2.20. The van der Waals surface area contributed by atoms with Crippen LogP contribution < -0.4 is 0 Å². The second-order valence-electron chi connectivity index (χ2n) is 5.65. The lowest BCUT2D eigenvalue weighted by molar-refractivity contribution is -0.0436. The average molecular weight is 280 g/mol. The van der Waals surface area contributed by atoms with Gasteiger partial charge in [-0.15, -0.1) is 0 Å². The summed E-state index contributed by atoms with van der Waals surface area (Å²) in [5.74, 6) is 0. The fourth-order valence-corrected chi connectivity index (χ4v) is 0.791. The first-order chi connectivity index (χ1) is 8.62. The molecule has 5 heteroatoms. The molecule has 0 amide bonds. The van der Waals surface area contributed by atoms with Crippen LogP contribution in [0.4, 0.5) is 0 Å². The largest absolute Gasteiger partial charge is 0.394 e. The minimum Gasteiger partial charge on any atom is -0.394 e. The molecule has 0 rings (SSSR count). The van der Waals surface area contributed by atoms with E-state index in [4.69, 9.17) is 24.4 Å². The van der Waals surface area contributed by atoms with Crippen molar-refractivity contribution in [2.24, 2.45) is 0 Å². The number of methoxy groups -OCH3 is 1. The monoisotopic (exact) mass is 280 g/mol. The van der Waals surface area contributed by atoms with Crippen LogP contribution in [0.25, 0.3) is 0 Å². The van der Waals surface area contributed by atoms with Gasteiger partial charge in [0.05, 0.1) is 43.7 Å². The summed E-state index contributed by atoms with van der Waals surface area (Å²) >= 11 is 0. The first-order valence-corrected chi connectivity index (χ1v) is 6.69. The van der Waals surface area contributed by atoms with Gasteiger partial charge in [0, 0.05) is 7.11 Å². The van der Waals surface area contributed by atoms with Crippen LogP contribution in [0, 0.1) is 0 Å². The molecule has 0 aliphatic rings. The second-order valence-corrected chi connectivity index (χ2v) is 5.65. The third-order valence-corrected chi connectivity index (χ3v) is 2.03. The van der Waals surface area contributed by atoms with Gasteiger partial charge in [0.2, 0.25) is 0 Å². The Balaban J connectivity index is 0. The van der Waals surface area contributed by atoms with Crippen molar-refractivity contribution in [1.29, 1.82) is 0 Å². The Morgan fingerprint density at radius 3 is 1.79 bits per heavy atom. The second kappa shape index (κ2) is 11.6. The number of aliphatic hydroxyl groups is 2. The summed E-state index contributed by atoms with van der Waals surface area (Å²) in [5, 5.41) is 17.3. The first-order valence-electron chi connectivity index (χ1n) is 6.69. The molecule has 3 atom stereocenters. The predicted octanol–water partition coefficient (Wildman–Crippen LogP) is 1.60. The number of ether oxygens (including phenoxy) is 3. The minimum absolute atomic E-state index is 0.0659. The van der Waals surface area contributed by atoms with E-state index in [2.05, 4.69) is 0 Å². The van der Waals surface area contributed by atoms with Gasteiger partial charge in [-0.1, -0.05) is 0 Å². The highest BCUT2D eigenvalue weighted by atomic mass is 16.5. The third-order valence-electron chi connectivity index (χ3n) is 2.03. The van der Waals surface area contributed by atoms with Crippen LogP contribution in [-0.2, 0) is 14.2 Å². The van der Waals surface area contributed by atoms with Crippen molar-refractivity contribution < 1.29 is 24.4 Å². The maximum atomic E-state index is 8.79. The topological polar surface area (TPSA) is 68.2 Å². The molecule has 0 fully saturated rings. The Labute approximate surface area is 117 Å². The molecule has 0 aromatic rings. The van der Waals surface area contributed by atoms with Crippen molar-refractivity contribution >= 4 is 0 Å². The molecule has 0 radical (unpaired) electrons. The number of hydrogen-bond acceptors (Lipinski definition) is 5. The van der Waals surface area contributed by atoms with Crippen LogP contribution >= 0.6 is 0 Å². The fraction of sp³-hybridized carbons (Fsp3) is 1.00. The van der Waals surface area contributed by atoms with E-state index in [9.17, 15) is 0 Å². The number of aliphatic hydroxyl groups excluding tert-OH is 2. The summed E-state index contributed by atoms with van der Waals surface area (Å²) in [7, 11) is 1.64. The molecule has 19 heavy (non-hydrogen) atoms. The van der Waals surface area contributed by atoms with E-state index < -0.39 is 0 Å². The van der Waals surface area contributed by atoms with Crippen LogP contribution in [0.2, 0.25) is 0 Å². The van der Waals surface area contributed by atoms with E-state index in [-0.39, 0.29) is 30.5 Å². The van der Waals surface area contributed by atoms with Gasteiger partial charge in [-0.2, -0.15) is 0 Å². The average Bonchev–Trinajstić information content (AvgIpc) is 2.32. The van der Waals surface area contributed by atoms with E-state index in [1.165, 1.54) is 0 Å². The summed E-state index contributed by atoms with van der Waals surface area (Å²) in [6.07, 6.45) is -0.337. The maximum absolute atomic E-state index is 8.79. The highest BCUT2D eigenvalue weighted by molar-refractivity contribution is 4.59. The van der Waals surface area contributed by atoms with Crippen molar-refractivity contribution in [3.63, 3.8) is 0 Å². The van der Waals surface area contributed by atoms with Crippen LogP contribution in [0.15, 0.2) is 0 Å². The molecule has 0 aliphatic heterocycles. The van der Waals surface area contributed by atoms with Gasteiger partial charge in [0.1, 0.15) is 0 Å². The van der Waals surface area contributed by atoms with Gasteiger partial charge in [-0.25, -0.2) is 0 Å². The molecular formula is C14H32O5. The Morgan fingerprint density at radius 1 is 1.00 bits per heavy atom. The lowest BCUT2D eigenvalue weighted by atomic mass is 10.2. The lowest BCUT2D eigenvalue weighted by Crippen LogP contribution is -2.24. The number of rotatable bonds is 7. The summed E-state index contributed by atoms with van der Waals surface area (Å²) in [6.45, 7) is 12.4. The minimum atomic E-state index is -0.357. The zero-order valence-corrected chi connectivity index (χ0v) is 13.5. The zero-order chi connectivity index (χ0) is 15.5. The third kappa shape index (κ3) is 20.3. The fourth-order valence-electron chi connectivity index (χ4n) is 0.791. The molecule has 0 bridgehead atoms. The molecular weight excluding hydrogens is 248 g/mol. The van der Waals surface area contributed by atoms with Crippen LogP contribution in [0.1, 0.15) is 41.5 Å². The Bertz CT molecular complexity index is 179. The normalized spacial score (nSPS) is 16.3. The maximum Gasteiger partial charge on any atom is 0.0779 e. The molecule has 2 N–H and O–H groups in total. The first kappa shape index (κ1) is 21.1. The Hall–Kier alpha value is -0.200. The van der Waals surface area contributed by atoms with Crippen molar-refractivity contribution in [3.05, 3.63) is 0 Å². The molecule has 0 aromatic carbocycles. The molecule has 0 aromatic heterocycles. The molecule has 0 spiro atoms. The van der Waals surface area contributed by atoms with Crippen LogP contribution in [0.3, 0.4) is 0 Å². The highest BCUT2D eigenvalue weighted by Gasteiger charge is 2.10. The Morgan fingerprint density at radius 2 is 1.53 bits per heavy atom. The Kier molecular flexibility index (Phi) is 12.9. The SMILES string of the molecule is CC(O)COC(C)(C)C.COC(C)COC(C)CO. The van der Waals surface area contributed by atoms with Gasteiger partial charge >= 0.3 is 0 Å². The van der Waals surface area contributed by atoms with Crippen LogP contribution in [0.5, 0.6) is 0 Å². The predicted molar refractivity (Wildman–Crippen MR) is 76.4 cm³/mol. The highest BCUT2D eigenvalue weighted by Crippen LogP contribution is 2.06. The van der Waals surface area contributed by atoms with Crippen molar-refractivity contribution in [2.45, 2.75) is 65.5 Å². The molecule has 0 aliphatic carbocycles. The standard InChI is InChI=1S/C7H16O3.C7H16O2/c1-6(4-8)10-5-7(2)9-3;1-6(8)5-9-7(2,3)4/h6-8H,4-5H2,1-3H3;6,8H,5H2,1-4H3.